The predicted octanol–water partition coefficient (Wildman–Crippen LogP) is 3.01. The summed E-state index contributed by atoms with van der Waals surface area (Å²) in [5, 5.41) is 3.15. The molecule has 0 aromatic heterocycles. The van der Waals surface area contributed by atoms with Gasteiger partial charge in [0.1, 0.15) is 0 Å². The van der Waals surface area contributed by atoms with E-state index in [0.717, 1.165) is 32.4 Å². The molecule has 1 saturated heterocycles. The Balaban J connectivity index is 2.41. The highest BCUT2D eigenvalue weighted by molar-refractivity contribution is 5.75. The van der Waals surface area contributed by atoms with Crippen LogP contribution >= 0.6 is 0 Å². The van der Waals surface area contributed by atoms with Crippen LogP contribution in [0.25, 0.3) is 0 Å². The Bertz CT molecular complexity index is 232. The molecule has 0 bridgehead atoms. The third kappa shape index (κ3) is 4.03. The van der Waals surface area contributed by atoms with Crippen molar-refractivity contribution < 1.29 is 4.79 Å². The van der Waals surface area contributed by atoms with Crippen LogP contribution in [0, 0.1) is 5.92 Å². The minimum absolute atomic E-state index is 0.0882. The van der Waals surface area contributed by atoms with Crippen LogP contribution < -0.4 is 5.32 Å². The van der Waals surface area contributed by atoms with Gasteiger partial charge in [0.2, 0.25) is 0 Å². The van der Waals surface area contributed by atoms with Crippen molar-refractivity contribution in [2.45, 2.75) is 58.9 Å². The molecular formula is C13H26N2O. The molecule has 16 heavy (non-hydrogen) atoms. The third-order valence-electron chi connectivity index (χ3n) is 3.39. The lowest BCUT2D eigenvalue weighted by Crippen LogP contribution is -2.49. The number of nitrogens with zero attached hydrogens (tertiary/aromatic N) is 1. The molecule has 1 aliphatic heterocycles. The predicted molar refractivity (Wildman–Crippen MR) is 67.5 cm³/mol. The summed E-state index contributed by atoms with van der Waals surface area (Å²) in [6.07, 6.45) is 4.52. The number of nitrogens with one attached hydrogen (secondary N) is 1. The molecule has 3 nitrogen and oxygen atoms in total. The van der Waals surface area contributed by atoms with Crippen LogP contribution in [0.3, 0.4) is 0 Å². The van der Waals surface area contributed by atoms with Crippen molar-refractivity contribution in [1.29, 1.82) is 0 Å². The van der Waals surface area contributed by atoms with Crippen LogP contribution in [0.15, 0.2) is 0 Å². The molecule has 94 valence electrons. The van der Waals surface area contributed by atoms with E-state index < -0.39 is 0 Å². The van der Waals surface area contributed by atoms with Crippen LogP contribution in [0.5, 0.6) is 0 Å². The molecule has 0 spiro atoms. The van der Waals surface area contributed by atoms with Gasteiger partial charge in [-0.25, -0.2) is 4.79 Å². The van der Waals surface area contributed by atoms with Crippen LogP contribution in [0.4, 0.5) is 4.79 Å². The van der Waals surface area contributed by atoms with E-state index in [4.69, 9.17) is 0 Å². The minimum Gasteiger partial charge on any atom is -0.333 e. The number of amides is 2. The molecule has 1 rings (SSSR count). The highest BCUT2D eigenvalue weighted by atomic mass is 16.2. The van der Waals surface area contributed by atoms with E-state index in [-0.39, 0.29) is 11.6 Å². The maximum Gasteiger partial charge on any atom is 0.317 e. The van der Waals surface area contributed by atoms with Gasteiger partial charge >= 0.3 is 6.03 Å². The summed E-state index contributed by atoms with van der Waals surface area (Å²) in [6.45, 7) is 10.5. The normalized spacial score (nSPS) is 18.6. The highest BCUT2D eigenvalue weighted by Gasteiger charge is 2.26. The molecule has 0 aromatic rings. The van der Waals surface area contributed by atoms with Crippen LogP contribution in [0.2, 0.25) is 0 Å². The number of carbonyl (C=O) groups excluding carboxylic acids is 1. The summed E-state index contributed by atoms with van der Waals surface area (Å²) in [5.74, 6) is 0.661. The lowest BCUT2D eigenvalue weighted by atomic mass is 9.90. The van der Waals surface area contributed by atoms with Crippen LogP contribution in [-0.2, 0) is 0 Å². The van der Waals surface area contributed by atoms with Crippen molar-refractivity contribution in [2.24, 2.45) is 5.92 Å². The van der Waals surface area contributed by atoms with Gasteiger partial charge in [0.15, 0.2) is 0 Å². The number of hydrogen-bond donors (Lipinski definition) is 1. The molecule has 3 heteroatoms. The smallest absolute Gasteiger partial charge is 0.317 e. The number of hydrogen-bond acceptors (Lipinski definition) is 1. The van der Waals surface area contributed by atoms with Crippen molar-refractivity contribution in [3.05, 3.63) is 0 Å². The first-order chi connectivity index (χ1) is 7.44. The lowest BCUT2D eigenvalue weighted by molar-refractivity contribution is 0.191. The first kappa shape index (κ1) is 13.3. The van der Waals surface area contributed by atoms with Crippen molar-refractivity contribution >= 4 is 6.03 Å². The molecular weight excluding hydrogens is 200 g/mol. The number of urea groups is 1. The topological polar surface area (TPSA) is 32.3 Å². The highest BCUT2D eigenvalue weighted by Crippen LogP contribution is 2.19. The van der Waals surface area contributed by atoms with Gasteiger partial charge in [-0.2, -0.15) is 0 Å². The molecule has 0 aliphatic carbocycles. The average Bonchev–Trinajstić information content (AvgIpc) is 2.68. The number of rotatable bonds is 4. The van der Waals surface area contributed by atoms with Gasteiger partial charge in [0.25, 0.3) is 0 Å². The van der Waals surface area contributed by atoms with Gasteiger partial charge in [-0.05, 0) is 39.0 Å². The molecule has 1 unspecified atom stereocenters. The molecule has 0 radical (unpaired) electrons. The maximum absolute atomic E-state index is 11.9. The fourth-order valence-electron chi connectivity index (χ4n) is 2.36. The van der Waals surface area contributed by atoms with E-state index in [1.807, 2.05) is 4.90 Å². The summed E-state index contributed by atoms with van der Waals surface area (Å²) in [5.41, 5.74) is -0.0882. The van der Waals surface area contributed by atoms with Gasteiger partial charge in [-0.3, -0.25) is 0 Å². The van der Waals surface area contributed by atoms with Gasteiger partial charge in [-0.15, -0.1) is 0 Å². The van der Waals surface area contributed by atoms with Crippen LogP contribution in [-0.4, -0.2) is 29.6 Å². The van der Waals surface area contributed by atoms with E-state index in [2.05, 4.69) is 33.0 Å². The second kappa shape index (κ2) is 5.55. The van der Waals surface area contributed by atoms with Crippen LogP contribution in [0.1, 0.15) is 53.4 Å². The lowest BCUT2D eigenvalue weighted by Gasteiger charge is -2.31. The van der Waals surface area contributed by atoms with Crippen molar-refractivity contribution in [3.8, 4) is 0 Å². The summed E-state index contributed by atoms with van der Waals surface area (Å²) in [6, 6.07) is 0.116. The zero-order chi connectivity index (χ0) is 12.2. The zero-order valence-corrected chi connectivity index (χ0v) is 11.2. The second-order valence-electron chi connectivity index (χ2n) is 5.73. The summed E-state index contributed by atoms with van der Waals surface area (Å²) < 4.78 is 0. The van der Waals surface area contributed by atoms with E-state index in [1.165, 1.54) is 6.42 Å². The molecule has 0 aromatic carbocycles. The molecule has 2 amide bonds. The van der Waals surface area contributed by atoms with Gasteiger partial charge in [0.05, 0.1) is 0 Å². The minimum atomic E-state index is -0.0882. The largest absolute Gasteiger partial charge is 0.333 e. The van der Waals surface area contributed by atoms with Crippen molar-refractivity contribution in [3.63, 3.8) is 0 Å². The van der Waals surface area contributed by atoms with E-state index in [1.54, 1.807) is 0 Å². The summed E-state index contributed by atoms with van der Waals surface area (Å²) in [7, 11) is 0. The molecule has 1 fully saturated rings. The Morgan fingerprint density at radius 3 is 2.44 bits per heavy atom. The Kier molecular flexibility index (Phi) is 4.63. The first-order valence-electron chi connectivity index (χ1n) is 6.51. The molecule has 1 N–H and O–H groups in total. The Labute approximate surface area is 99.6 Å². The third-order valence-corrected chi connectivity index (χ3v) is 3.39. The zero-order valence-electron chi connectivity index (χ0n) is 11.2. The van der Waals surface area contributed by atoms with E-state index in [0.29, 0.717) is 5.92 Å². The SMILES string of the molecule is CCC(C)CC(C)(C)NC(=O)N1CCCC1. The number of carbonyl (C=O) groups is 1. The molecule has 0 saturated carbocycles. The quantitative estimate of drug-likeness (QED) is 0.785. The first-order valence-corrected chi connectivity index (χ1v) is 6.51. The van der Waals surface area contributed by atoms with Gasteiger partial charge in [0, 0.05) is 18.6 Å². The van der Waals surface area contributed by atoms with Gasteiger partial charge in [-0.1, -0.05) is 20.3 Å². The average molecular weight is 226 g/mol. The van der Waals surface area contributed by atoms with E-state index >= 15 is 0 Å². The maximum atomic E-state index is 11.9. The standard InChI is InChI=1S/C13H26N2O/c1-5-11(2)10-13(3,4)14-12(16)15-8-6-7-9-15/h11H,5-10H2,1-4H3,(H,14,16). The monoisotopic (exact) mass is 226 g/mol. The Hall–Kier alpha value is -0.730. The van der Waals surface area contributed by atoms with Crippen molar-refractivity contribution in [1.82, 2.24) is 10.2 Å². The van der Waals surface area contributed by atoms with Gasteiger partial charge < -0.3 is 10.2 Å². The number of likely N-dealkylation sites (tertiary alicyclic amines) is 1. The van der Waals surface area contributed by atoms with Crippen molar-refractivity contribution in [2.75, 3.05) is 13.1 Å². The fourth-order valence-corrected chi connectivity index (χ4v) is 2.36. The Morgan fingerprint density at radius 2 is 1.94 bits per heavy atom. The molecule has 1 atom stereocenters. The molecule has 1 aliphatic rings. The molecule has 1 heterocycles. The Morgan fingerprint density at radius 1 is 1.38 bits per heavy atom. The van der Waals surface area contributed by atoms with E-state index in [9.17, 15) is 4.79 Å². The fraction of sp³-hybridized carbons (Fsp3) is 0.923. The summed E-state index contributed by atoms with van der Waals surface area (Å²) >= 11 is 0. The summed E-state index contributed by atoms with van der Waals surface area (Å²) in [4.78, 5) is 13.9. The second-order valence-corrected chi connectivity index (χ2v) is 5.73.